The summed E-state index contributed by atoms with van der Waals surface area (Å²) in [5, 5.41) is 5.70. The number of anilines is 1. The third-order valence-corrected chi connectivity index (χ3v) is 7.86. The van der Waals surface area contributed by atoms with E-state index in [1.165, 1.54) is 16.4 Å². The van der Waals surface area contributed by atoms with E-state index >= 15 is 0 Å². The molecule has 1 atom stereocenters. The molecule has 1 saturated carbocycles. The van der Waals surface area contributed by atoms with Crippen LogP contribution < -0.4 is 20.1 Å². The molecule has 2 aliphatic heterocycles. The Morgan fingerprint density at radius 1 is 0.939 bits per heavy atom. The molecule has 9 nitrogen and oxygen atoms in total. The fourth-order valence-electron chi connectivity index (χ4n) is 4.04. The largest absolute Gasteiger partial charge is 0.486 e. The number of fused-ring (bicyclic) bond motifs is 1. The number of rotatable bonds is 6. The third-order valence-electron chi connectivity index (χ3n) is 5.95. The lowest BCUT2D eigenvalue weighted by atomic mass is 10.1. The van der Waals surface area contributed by atoms with Crippen molar-refractivity contribution in [1.29, 1.82) is 0 Å². The van der Waals surface area contributed by atoms with Crippen molar-refractivity contribution in [3.63, 3.8) is 0 Å². The first-order valence-electron chi connectivity index (χ1n) is 11.0. The van der Waals surface area contributed by atoms with E-state index in [2.05, 4.69) is 10.6 Å². The van der Waals surface area contributed by atoms with E-state index in [0.29, 0.717) is 48.8 Å². The minimum absolute atomic E-state index is 0.0671. The Balaban J connectivity index is 1.28. The summed E-state index contributed by atoms with van der Waals surface area (Å²) in [6, 6.07) is 10.5. The monoisotopic (exact) mass is 471 g/mol. The molecule has 0 unspecified atom stereocenters. The highest BCUT2D eigenvalue weighted by Crippen LogP contribution is 2.35. The lowest BCUT2D eigenvalue weighted by Gasteiger charge is -2.24. The zero-order valence-corrected chi connectivity index (χ0v) is 18.8. The van der Waals surface area contributed by atoms with Gasteiger partial charge in [0.05, 0.1) is 4.90 Å². The predicted molar refractivity (Wildman–Crippen MR) is 120 cm³/mol. The molecule has 2 N–H and O–H groups in total. The van der Waals surface area contributed by atoms with E-state index in [1.807, 2.05) is 0 Å². The molecule has 33 heavy (non-hydrogen) atoms. The molecule has 2 aromatic rings. The Hall–Kier alpha value is -3.11. The van der Waals surface area contributed by atoms with Crippen LogP contribution in [-0.4, -0.2) is 56.4 Å². The summed E-state index contributed by atoms with van der Waals surface area (Å²) < 4.78 is 38.8. The van der Waals surface area contributed by atoms with E-state index < -0.39 is 22.0 Å². The molecule has 2 heterocycles. The normalized spacial score (nSPS) is 20.3. The van der Waals surface area contributed by atoms with Gasteiger partial charge in [-0.25, -0.2) is 8.42 Å². The van der Waals surface area contributed by atoms with Crippen molar-refractivity contribution in [2.45, 2.75) is 42.7 Å². The number of ether oxygens (including phenoxy) is 2. The van der Waals surface area contributed by atoms with Crippen molar-refractivity contribution in [2.24, 2.45) is 0 Å². The minimum Gasteiger partial charge on any atom is -0.486 e. The van der Waals surface area contributed by atoms with Crippen molar-refractivity contribution >= 4 is 27.5 Å². The molecule has 0 bridgehead atoms. The van der Waals surface area contributed by atoms with Crippen LogP contribution in [0.4, 0.5) is 5.69 Å². The number of benzene rings is 2. The fourth-order valence-corrected chi connectivity index (χ4v) is 5.71. The number of carbonyl (C=O) groups excluding carboxylic acids is 2. The molecule has 5 rings (SSSR count). The van der Waals surface area contributed by atoms with Crippen LogP contribution in [-0.2, 0) is 14.8 Å². The zero-order valence-electron chi connectivity index (χ0n) is 18.0. The second-order valence-corrected chi connectivity index (χ2v) is 10.3. The number of hydrogen-bond acceptors (Lipinski definition) is 6. The molecule has 1 saturated heterocycles. The Labute approximate surface area is 192 Å². The number of sulfonamides is 1. The maximum absolute atomic E-state index is 13.3. The van der Waals surface area contributed by atoms with Crippen LogP contribution in [0.2, 0.25) is 0 Å². The van der Waals surface area contributed by atoms with Gasteiger partial charge in [0.1, 0.15) is 19.3 Å². The highest BCUT2D eigenvalue weighted by Gasteiger charge is 2.40. The number of nitrogens with one attached hydrogen (secondary N) is 2. The lowest BCUT2D eigenvalue weighted by Crippen LogP contribution is -2.43. The molecule has 0 spiro atoms. The maximum atomic E-state index is 13.3. The summed E-state index contributed by atoms with van der Waals surface area (Å²) in [7, 11) is -3.90. The molecule has 2 aromatic carbocycles. The van der Waals surface area contributed by atoms with Crippen LogP contribution in [0.5, 0.6) is 11.5 Å². The molecule has 2 amide bonds. The molecule has 0 aromatic heterocycles. The van der Waals surface area contributed by atoms with Gasteiger partial charge in [0, 0.05) is 29.9 Å². The van der Waals surface area contributed by atoms with Crippen molar-refractivity contribution < 1.29 is 27.5 Å². The molecular weight excluding hydrogens is 446 g/mol. The maximum Gasteiger partial charge on any atom is 0.251 e. The average Bonchev–Trinajstić information content (AvgIpc) is 3.49. The van der Waals surface area contributed by atoms with Gasteiger partial charge in [-0.3, -0.25) is 9.59 Å². The smallest absolute Gasteiger partial charge is 0.251 e. The van der Waals surface area contributed by atoms with Gasteiger partial charge in [-0.05, 0) is 62.1 Å². The quantitative estimate of drug-likeness (QED) is 0.667. The number of carbonyl (C=O) groups is 2. The van der Waals surface area contributed by atoms with E-state index in [1.54, 1.807) is 30.3 Å². The summed E-state index contributed by atoms with van der Waals surface area (Å²) >= 11 is 0. The van der Waals surface area contributed by atoms with Gasteiger partial charge < -0.3 is 20.1 Å². The lowest BCUT2D eigenvalue weighted by molar-refractivity contribution is -0.119. The second kappa shape index (κ2) is 8.68. The van der Waals surface area contributed by atoms with Crippen molar-refractivity contribution in [2.75, 3.05) is 25.1 Å². The Morgan fingerprint density at radius 2 is 1.67 bits per heavy atom. The summed E-state index contributed by atoms with van der Waals surface area (Å²) in [5.74, 6) is 0.352. The molecule has 174 valence electrons. The summed E-state index contributed by atoms with van der Waals surface area (Å²) in [4.78, 5) is 25.2. The van der Waals surface area contributed by atoms with Crippen molar-refractivity contribution in [3.05, 3.63) is 48.0 Å². The Bertz CT molecular complexity index is 1180. The highest BCUT2D eigenvalue weighted by atomic mass is 32.2. The zero-order chi connectivity index (χ0) is 23.0. The van der Waals surface area contributed by atoms with Gasteiger partial charge in [-0.2, -0.15) is 4.31 Å². The summed E-state index contributed by atoms with van der Waals surface area (Å²) in [6.07, 6.45) is 3.03. The van der Waals surface area contributed by atoms with Gasteiger partial charge in [-0.15, -0.1) is 0 Å². The van der Waals surface area contributed by atoms with E-state index in [0.717, 1.165) is 12.8 Å². The van der Waals surface area contributed by atoms with Crippen LogP contribution in [0.3, 0.4) is 0 Å². The Morgan fingerprint density at radius 3 is 2.39 bits per heavy atom. The third kappa shape index (κ3) is 4.53. The standard InChI is InChI=1S/C23H25N3O6S/c27-22(24-17-7-8-17)15-3-5-16(6-4-15)25-23(28)19-2-1-11-26(19)33(29,30)18-9-10-20-21(14-18)32-13-12-31-20/h3-6,9-10,14,17,19H,1-2,7-8,11-13H2,(H,24,27)(H,25,28)/t19-/m0/s1. The number of hydrogen-bond donors (Lipinski definition) is 2. The second-order valence-electron chi connectivity index (χ2n) is 8.39. The number of amides is 2. The van der Waals surface area contributed by atoms with E-state index in [4.69, 9.17) is 9.47 Å². The fraction of sp³-hybridized carbons (Fsp3) is 0.391. The summed E-state index contributed by atoms with van der Waals surface area (Å²) in [5.41, 5.74) is 1.02. The van der Waals surface area contributed by atoms with Gasteiger partial charge in [-0.1, -0.05) is 0 Å². The predicted octanol–water partition coefficient (Wildman–Crippen LogP) is 2.14. The minimum atomic E-state index is -3.90. The van der Waals surface area contributed by atoms with Crippen LogP contribution in [0.15, 0.2) is 47.4 Å². The van der Waals surface area contributed by atoms with Crippen LogP contribution in [0.1, 0.15) is 36.0 Å². The number of nitrogens with zero attached hydrogens (tertiary/aromatic N) is 1. The van der Waals surface area contributed by atoms with Gasteiger partial charge in [0.25, 0.3) is 5.91 Å². The highest BCUT2D eigenvalue weighted by molar-refractivity contribution is 7.89. The van der Waals surface area contributed by atoms with Gasteiger partial charge in [0.2, 0.25) is 15.9 Å². The topological polar surface area (TPSA) is 114 Å². The molecular formula is C23H25N3O6S. The van der Waals surface area contributed by atoms with Crippen LogP contribution >= 0.6 is 0 Å². The van der Waals surface area contributed by atoms with Crippen LogP contribution in [0, 0.1) is 0 Å². The van der Waals surface area contributed by atoms with E-state index in [-0.39, 0.29) is 23.4 Å². The molecule has 0 radical (unpaired) electrons. The van der Waals surface area contributed by atoms with Crippen molar-refractivity contribution in [3.8, 4) is 11.5 Å². The van der Waals surface area contributed by atoms with Crippen LogP contribution in [0.25, 0.3) is 0 Å². The first-order chi connectivity index (χ1) is 15.9. The Kier molecular flexibility index (Phi) is 5.71. The summed E-state index contributed by atoms with van der Waals surface area (Å²) in [6.45, 7) is 1.03. The van der Waals surface area contributed by atoms with Crippen molar-refractivity contribution in [1.82, 2.24) is 9.62 Å². The molecule has 2 fully saturated rings. The van der Waals surface area contributed by atoms with Gasteiger partial charge in [0.15, 0.2) is 11.5 Å². The molecule has 10 heteroatoms. The average molecular weight is 472 g/mol. The SMILES string of the molecule is O=C(NC1CC1)c1ccc(NC(=O)[C@@H]2CCCN2S(=O)(=O)c2ccc3c(c2)OCCO3)cc1. The molecule has 1 aliphatic carbocycles. The first-order valence-corrected chi connectivity index (χ1v) is 12.5. The van der Waals surface area contributed by atoms with E-state index in [9.17, 15) is 18.0 Å². The molecule has 3 aliphatic rings. The van der Waals surface area contributed by atoms with Gasteiger partial charge >= 0.3 is 0 Å². The first kappa shape index (κ1) is 21.7.